The number of hydrogen-bond acceptors (Lipinski definition) is 5. The molecular formula is C21H16N2O4. The lowest BCUT2D eigenvalue weighted by molar-refractivity contribution is -0.111. The molecule has 6 heteroatoms. The van der Waals surface area contributed by atoms with E-state index in [1.54, 1.807) is 43.7 Å². The van der Waals surface area contributed by atoms with Crippen LogP contribution < -0.4 is 10.1 Å². The average Bonchev–Trinajstić information content (AvgIpc) is 3.35. The highest BCUT2D eigenvalue weighted by molar-refractivity contribution is 6.02. The molecule has 0 radical (unpaired) electrons. The minimum Gasteiger partial charge on any atom is -0.497 e. The third-order valence-corrected chi connectivity index (χ3v) is 3.91. The molecule has 4 rings (SSSR count). The largest absolute Gasteiger partial charge is 0.497 e. The van der Waals surface area contributed by atoms with Crippen LogP contribution in [0.4, 0.5) is 5.69 Å². The number of oxazole rings is 1. The predicted octanol–water partition coefficient (Wildman–Crippen LogP) is 4.75. The Bertz CT molecular complexity index is 1110. The van der Waals surface area contributed by atoms with Crippen molar-refractivity contribution in [3.05, 3.63) is 72.7 Å². The molecule has 6 nitrogen and oxygen atoms in total. The Hall–Kier alpha value is -3.80. The molecule has 0 atom stereocenters. The molecule has 1 N–H and O–H groups in total. The molecule has 0 aliphatic carbocycles. The van der Waals surface area contributed by atoms with E-state index in [1.165, 1.54) is 6.08 Å². The molecule has 4 aromatic rings. The number of anilines is 1. The number of nitrogens with zero attached hydrogens (tertiary/aromatic N) is 1. The van der Waals surface area contributed by atoms with Crippen LogP contribution in [0.3, 0.4) is 0 Å². The zero-order valence-corrected chi connectivity index (χ0v) is 14.5. The lowest BCUT2D eigenvalue weighted by Gasteiger charge is -2.03. The van der Waals surface area contributed by atoms with Gasteiger partial charge in [-0.1, -0.05) is 6.07 Å². The molecule has 0 spiro atoms. The van der Waals surface area contributed by atoms with Gasteiger partial charge in [-0.2, -0.15) is 0 Å². The summed E-state index contributed by atoms with van der Waals surface area (Å²) in [7, 11) is 1.61. The van der Waals surface area contributed by atoms with Crippen LogP contribution in [0.5, 0.6) is 5.75 Å². The molecule has 0 aliphatic rings. The molecule has 2 aromatic heterocycles. The summed E-state index contributed by atoms with van der Waals surface area (Å²) >= 11 is 0. The van der Waals surface area contributed by atoms with Crippen LogP contribution >= 0.6 is 0 Å². The van der Waals surface area contributed by atoms with Crippen LogP contribution in [-0.2, 0) is 4.79 Å². The summed E-state index contributed by atoms with van der Waals surface area (Å²) < 4.78 is 16.2. The third kappa shape index (κ3) is 3.74. The molecule has 0 unspecified atom stereocenters. The quantitative estimate of drug-likeness (QED) is 0.520. The van der Waals surface area contributed by atoms with Gasteiger partial charge in [0.25, 0.3) is 0 Å². The number of rotatable bonds is 5. The molecular weight excluding hydrogens is 344 g/mol. The Labute approximate surface area is 155 Å². The molecule has 0 fully saturated rings. The van der Waals surface area contributed by atoms with E-state index in [2.05, 4.69) is 10.3 Å². The molecule has 2 heterocycles. The number of fused-ring (bicyclic) bond motifs is 1. The summed E-state index contributed by atoms with van der Waals surface area (Å²) in [5.74, 6) is 1.54. The second-order valence-corrected chi connectivity index (χ2v) is 5.77. The summed E-state index contributed by atoms with van der Waals surface area (Å²) in [6.07, 6.45) is 4.57. The Morgan fingerprint density at radius 2 is 2.07 bits per heavy atom. The monoisotopic (exact) mass is 360 g/mol. The fourth-order valence-electron chi connectivity index (χ4n) is 2.62. The minimum atomic E-state index is -0.258. The van der Waals surface area contributed by atoms with E-state index in [0.717, 1.165) is 5.56 Å². The second-order valence-electron chi connectivity index (χ2n) is 5.77. The summed E-state index contributed by atoms with van der Waals surface area (Å²) in [5.41, 5.74) is 2.78. The third-order valence-electron chi connectivity index (χ3n) is 3.91. The highest BCUT2D eigenvalue weighted by Gasteiger charge is 2.10. The van der Waals surface area contributed by atoms with Crippen molar-refractivity contribution >= 4 is 28.8 Å². The van der Waals surface area contributed by atoms with E-state index in [9.17, 15) is 4.79 Å². The minimum absolute atomic E-state index is 0.258. The van der Waals surface area contributed by atoms with Gasteiger partial charge in [-0.25, -0.2) is 4.98 Å². The number of carbonyl (C=O) groups excluding carboxylic acids is 1. The molecule has 0 aliphatic heterocycles. The lowest BCUT2D eigenvalue weighted by atomic mass is 10.2. The molecule has 1 amide bonds. The molecule has 27 heavy (non-hydrogen) atoms. The van der Waals surface area contributed by atoms with Gasteiger partial charge in [-0.05, 0) is 48.5 Å². The topological polar surface area (TPSA) is 77.5 Å². The summed E-state index contributed by atoms with van der Waals surface area (Å²) in [4.78, 5) is 16.6. The van der Waals surface area contributed by atoms with E-state index in [1.807, 2.05) is 30.3 Å². The lowest BCUT2D eigenvalue weighted by Crippen LogP contribution is -2.07. The first-order chi connectivity index (χ1) is 13.2. The molecule has 0 bridgehead atoms. The number of methoxy groups -OCH3 is 1. The highest BCUT2D eigenvalue weighted by Crippen LogP contribution is 2.28. The second kappa shape index (κ2) is 7.21. The number of ether oxygens (including phenoxy) is 1. The Morgan fingerprint density at radius 1 is 1.15 bits per heavy atom. The van der Waals surface area contributed by atoms with Crippen molar-refractivity contribution < 1.29 is 18.4 Å². The molecule has 2 aromatic carbocycles. The number of hydrogen-bond donors (Lipinski definition) is 1. The molecule has 0 saturated heterocycles. The van der Waals surface area contributed by atoms with Crippen molar-refractivity contribution in [1.29, 1.82) is 0 Å². The maximum absolute atomic E-state index is 12.1. The van der Waals surface area contributed by atoms with Gasteiger partial charge in [0.15, 0.2) is 5.58 Å². The number of nitrogens with one attached hydrogen (secondary N) is 1. The van der Waals surface area contributed by atoms with Gasteiger partial charge in [0.05, 0.1) is 13.4 Å². The van der Waals surface area contributed by atoms with E-state index < -0.39 is 0 Å². The number of amides is 1. The first-order valence-corrected chi connectivity index (χ1v) is 8.29. The van der Waals surface area contributed by atoms with Gasteiger partial charge in [0.2, 0.25) is 11.8 Å². The van der Waals surface area contributed by atoms with Crippen molar-refractivity contribution in [3.63, 3.8) is 0 Å². The fourth-order valence-corrected chi connectivity index (χ4v) is 2.62. The van der Waals surface area contributed by atoms with Gasteiger partial charge < -0.3 is 18.9 Å². The average molecular weight is 360 g/mol. The SMILES string of the molecule is COc1ccc2oc(-c3cccc(NC(=O)C=Cc4ccco4)c3)nc2c1. The van der Waals surface area contributed by atoms with Crippen molar-refractivity contribution in [1.82, 2.24) is 4.98 Å². The Kier molecular flexibility index (Phi) is 4.45. The van der Waals surface area contributed by atoms with Crippen molar-refractivity contribution in [3.8, 4) is 17.2 Å². The zero-order valence-electron chi connectivity index (χ0n) is 14.5. The standard InChI is InChI=1S/C21H16N2O4/c1-25-17-7-9-19-18(13-17)23-21(27-19)14-4-2-5-15(12-14)22-20(24)10-8-16-6-3-11-26-16/h2-13H,1H3,(H,22,24). The van der Waals surface area contributed by atoms with Crippen LogP contribution in [0.2, 0.25) is 0 Å². The Morgan fingerprint density at radius 3 is 2.89 bits per heavy atom. The number of benzene rings is 2. The molecule has 134 valence electrons. The van der Waals surface area contributed by atoms with Crippen molar-refractivity contribution in [2.45, 2.75) is 0 Å². The number of furan rings is 1. The van der Waals surface area contributed by atoms with Crippen LogP contribution in [0.15, 0.2) is 75.8 Å². The zero-order chi connectivity index (χ0) is 18.6. The predicted molar refractivity (Wildman–Crippen MR) is 102 cm³/mol. The van der Waals surface area contributed by atoms with Gasteiger partial charge in [0, 0.05) is 23.4 Å². The van der Waals surface area contributed by atoms with Gasteiger partial charge in [-0.15, -0.1) is 0 Å². The normalized spacial score (nSPS) is 11.1. The number of carbonyl (C=O) groups is 1. The first kappa shape index (κ1) is 16.7. The van der Waals surface area contributed by atoms with Crippen LogP contribution in [-0.4, -0.2) is 18.0 Å². The van der Waals surface area contributed by atoms with Gasteiger partial charge in [0.1, 0.15) is 17.0 Å². The summed E-state index contributed by atoms with van der Waals surface area (Å²) in [5, 5.41) is 2.81. The molecule has 0 saturated carbocycles. The van der Waals surface area contributed by atoms with Gasteiger partial charge >= 0.3 is 0 Å². The van der Waals surface area contributed by atoms with Gasteiger partial charge in [-0.3, -0.25) is 4.79 Å². The van der Waals surface area contributed by atoms with E-state index in [0.29, 0.717) is 34.2 Å². The van der Waals surface area contributed by atoms with Crippen LogP contribution in [0.1, 0.15) is 5.76 Å². The number of aromatic nitrogens is 1. The Balaban J connectivity index is 1.54. The maximum atomic E-state index is 12.1. The highest BCUT2D eigenvalue weighted by atomic mass is 16.5. The van der Waals surface area contributed by atoms with E-state index in [4.69, 9.17) is 13.6 Å². The van der Waals surface area contributed by atoms with E-state index >= 15 is 0 Å². The van der Waals surface area contributed by atoms with Crippen LogP contribution in [0, 0.1) is 0 Å². The maximum Gasteiger partial charge on any atom is 0.248 e. The first-order valence-electron chi connectivity index (χ1n) is 8.29. The smallest absolute Gasteiger partial charge is 0.248 e. The summed E-state index contributed by atoms with van der Waals surface area (Å²) in [6.45, 7) is 0. The fraction of sp³-hybridized carbons (Fsp3) is 0.0476. The summed E-state index contributed by atoms with van der Waals surface area (Å²) in [6, 6.07) is 16.3. The van der Waals surface area contributed by atoms with E-state index in [-0.39, 0.29) is 5.91 Å². The van der Waals surface area contributed by atoms with Crippen molar-refractivity contribution in [2.24, 2.45) is 0 Å². The van der Waals surface area contributed by atoms with Crippen molar-refractivity contribution in [2.75, 3.05) is 12.4 Å². The van der Waals surface area contributed by atoms with Crippen LogP contribution in [0.25, 0.3) is 28.6 Å².